The summed E-state index contributed by atoms with van der Waals surface area (Å²) in [5.74, 6) is -3.15. The highest BCUT2D eigenvalue weighted by molar-refractivity contribution is 5.94. The Morgan fingerprint density at radius 1 is 1.35 bits per heavy atom. The summed E-state index contributed by atoms with van der Waals surface area (Å²) in [6, 6.07) is 3.23. The highest BCUT2D eigenvalue weighted by Gasteiger charge is 2.18. The molecule has 106 valence electrons. The molecule has 1 heterocycles. The number of carbonyl (C=O) groups is 1. The summed E-state index contributed by atoms with van der Waals surface area (Å²) in [5.41, 5.74) is 0.371. The first kappa shape index (κ1) is 14.2. The molecule has 20 heavy (non-hydrogen) atoms. The highest BCUT2D eigenvalue weighted by Crippen LogP contribution is 2.24. The van der Waals surface area contributed by atoms with Crippen LogP contribution in [0.5, 0.6) is 0 Å². The molecule has 0 aliphatic carbocycles. The van der Waals surface area contributed by atoms with Crippen molar-refractivity contribution in [2.24, 2.45) is 0 Å². The zero-order valence-corrected chi connectivity index (χ0v) is 10.9. The van der Waals surface area contributed by atoms with E-state index in [-0.39, 0.29) is 16.8 Å². The number of aromatic nitrogens is 2. The van der Waals surface area contributed by atoms with Gasteiger partial charge in [0.05, 0.1) is 0 Å². The maximum atomic E-state index is 13.3. The molecule has 0 saturated heterocycles. The lowest BCUT2D eigenvalue weighted by Gasteiger charge is -2.00. The fraction of sp³-hybridized carbons (Fsp3) is 0.286. The Hall–Kier alpha value is -2.24. The molecular weight excluding hydrogens is 266 g/mol. The van der Waals surface area contributed by atoms with Gasteiger partial charge in [-0.15, -0.1) is 0 Å². The van der Waals surface area contributed by atoms with Gasteiger partial charge in [0.1, 0.15) is 11.3 Å². The van der Waals surface area contributed by atoms with Gasteiger partial charge in [0, 0.05) is 18.3 Å². The van der Waals surface area contributed by atoms with E-state index in [1.807, 2.05) is 6.92 Å². The number of carboxylic acids is 1. The van der Waals surface area contributed by atoms with Gasteiger partial charge in [-0.1, -0.05) is 13.3 Å². The molecule has 0 unspecified atom stereocenters. The maximum Gasteiger partial charge on any atom is 0.339 e. The van der Waals surface area contributed by atoms with Crippen LogP contribution in [-0.4, -0.2) is 20.9 Å². The second kappa shape index (κ2) is 5.81. The second-order valence-electron chi connectivity index (χ2n) is 4.44. The summed E-state index contributed by atoms with van der Waals surface area (Å²) in [5, 5.41) is 13.3. The molecule has 0 bridgehead atoms. The first-order valence-corrected chi connectivity index (χ1v) is 6.29. The maximum absolute atomic E-state index is 13.3. The lowest BCUT2D eigenvalue weighted by atomic mass is 10.1. The lowest BCUT2D eigenvalue weighted by Crippen LogP contribution is -1.98. The summed E-state index contributed by atoms with van der Waals surface area (Å²) >= 11 is 0. The van der Waals surface area contributed by atoms with E-state index < -0.39 is 17.6 Å². The van der Waals surface area contributed by atoms with Crippen molar-refractivity contribution in [3.8, 4) is 11.3 Å². The van der Waals surface area contributed by atoms with E-state index >= 15 is 0 Å². The Morgan fingerprint density at radius 3 is 2.70 bits per heavy atom. The largest absolute Gasteiger partial charge is 0.478 e. The third-order valence-electron chi connectivity index (χ3n) is 2.93. The van der Waals surface area contributed by atoms with E-state index in [1.165, 1.54) is 16.9 Å². The van der Waals surface area contributed by atoms with Crippen LogP contribution in [0.3, 0.4) is 0 Å². The average Bonchev–Trinajstić information content (AvgIpc) is 2.84. The Kier molecular flexibility index (Phi) is 4.12. The molecule has 1 aromatic heterocycles. The minimum atomic E-state index is -1.15. The molecule has 0 amide bonds. The van der Waals surface area contributed by atoms with Gasteiger partial charge >= 0.3 is 5.97 Å². The highest BCUT2D eigenvalue weighted by atomic mass is 19.2. The van der Waals surface area contributed by atoms with Gasteiger partial charge in [0.25, 0.3) is 0 Å². The quantitative estimate of drug-likeness (QED) is 0.914. The summed E-state index contributed by atoms with van der Waals surface area (Å²) in [6.45, 7) is 2.60. The lowest BCUT2D eigenvalue weighted by molar-refractivity contribution is 0.0697. The third kappa shape index (κ3) is 2.84. The van der Waals surface area contributed by atoms with Crippen molar-refractivity contribution >= 4 is 5.97 Å². The van der Waals surface area contributed by atoms with Crippen LogP contribution in [0.25, 0.3) is 11.3 Å². The molecule has 0 aliphatic heterocycles. The van der Waals surface area contributed by atoms with E-state index in [0.29, 0.717) is 6.54 Å². The van der Waals surface area contributed by atoms with E-state index in [1.54, 1.807) is 0 Å². The zero-order valence-electron chi connectivity index (χ0n) is 10.9. The number of unbranched alkanes of at least 4 members (excludes halogenated alkanes) is 1. The van der Waals surface area contributed by atoms with Crippen molar-refractivity contribution in [2.75, 3.05) is 0 Å². The second-order valence-corrected chi connectivity index (χ2v) is 4.44. The van der Waals surface area contributed by atoms with Crippen molar-refractivity contribution in [1.29, 1.82) is 0 Å². The number of aromatic carboxylic acids is 1. The smallest absolute Gasteiger partial charge is 0.339 e. The Labute approximate surface area is 114 Å². The molecule has 0 aliphatic rings. The number of nitrogens with zero attached hydrogens (tertiary/aromatic N) is 2. The number of benzene rings is 1. The molecular formula is C14H14F2N2O2. The fourth-order valence-corrected chi connectivity index (χ4v) is 1.87. The van der Waals surface area contributed by atoms with Crippen molar-refractivity contribution in [3.05, 3.63) is 41.6 Å². The van der Waals surface area contributed by atoms with Gasteiger partial charge in [-0.2, -0.15) is 5.10 Å². The summed E-state index contributed by atoms with van der Waals surface area (Å²) in [4.78, 5) is 11.2. The van der Waals surface area contributed by atoms with Crippen molar-refractivity contribution in [3.63, 3.8) is 0 Å². The minimum Gasteiger partial charge on any atom is -0.478 e. The van der Waals surface area contributed by atoms with Crippen LogP contribution < -0.4 is 0 Å². The van der Waals surface area contributed by atoms with Crippen molar-refractivity contribution in [1.82, 2.24) is 9.78 Å². The molecule has 0 spiro atoms. The molecule has 1 aromatic carbocycles. The van der Waals surface area contributed by atoms with Crippen LogP contribution in [0.2, 0.25) is 0 Å². The SMILES string of the molecule is CCCCn1cc(C(=O)O)c(-c2ccc(F)c(F)c2)n1. The van der Waals surface area contributed by atoms with Gasteiger partial charge in [-0.05, 0) is 24.6 Å². The third-order valence-corrected chi connectivity index (χ3v) is 2.93. The normalized spacial score (nSPS) is 10.8. The number of carboxylic acid groups (broad SMARTS) is 1. The van der Waals surface area contributed by atoms with E-state index in [0.717, 1.165) is 25.0 Å². The van der Waals surface area contributed by atoms with E-state index in [2.05, 4.69) is 5.10 Å². The summed E-state index contributed by atoms with van der Waals surface area (Å²) < 4.78 is 27.7. The molecule has 1 N–H and O–H groups in total. The molecule has 0 atom stereocenters. The van der Waals surface area contributed by atoms with Crippen LogP contribution in [-0.2, 0) is 6.54 Å². The summed E-state index contributed by atoms with van der Waals surface area (Å²) in [6.07, 6.45) is 3.22. The molecule has 6 heteroatoms. The molecule has 0 fully saturated rings. The molecule has 0 radical (unpaired) electrons. The number of hydrogen-bond donors (Lipinski definition) is 1. The molecule has 2 aromatic rings. The molecule has 2 rings (SSSR count). The van der Waals surface area contributed by atoms with Gasteiger partial charge in [0.15, 0.2) is 11.6 Å². The van der Waals surface area contributed by atoms with Crippen LogP contribution in [0.15, 0.2) is 24.4 Å². The fourth-order valence-electron chi connectivity index (χ4n) is 1.87. The standard InChI is InChI=1S/C14H14F2N2O2/c1-2-3-6-18-8-10(14(19)20)13(17-18)9-4-5-11(15)12(16)7-9/h4-5,7-8H,2-3,6H2,1H3,(H,19,20). The van der Waals surface area contributed by atoms with Crippen molar-refractivity contribution < 1.29 is 18.7 Å². The van der Waals surface area contributed by atoms with Crippen LogP contribution in [0, 0.1) is 11.6 Å². The van der Waals surface area contributed by atoms with Gasteiger partial charge in [-0.3, -0.25) is 4.68 Å². The molecule has 4 nitrogen and oxygen atoms in total. The first-order chi connectivity index (χ1) is 9.52. The number of halogens is 2. The monoisotopic (exact) mass is 280 g/mol. The Balaban J connectivity index is 2.45. The Bertz CT molecular complexity index is 638. The number of hydrogen-bond acceptors (Lipinski definition) is 2. The van der Waals surface area contributed by atoms with E-state index in [4.69, 9.17) is 5.11 Å². The topological polar surface area (TPSA) is 55.1 Å². The van der Waals surface area contributed by atoms with Gasteiger partial charge < -0.3 is 5.11 Å². The zero-order chi connectivity index (χ0) is 14.7. The predicted octanol–water partition coefficient (Wildman–Crippen LogP) is 3.33. The Morgan fingerprint density at radius 2 is 2.10 bits per heavy atom. The number of aryl methyl sites for hydroxylation is 1. The number of rotatable bonds is 5. The minimum absolute atomic E-state index is 0.0212. The van der Waals surface area contributed by atoms with Crippen LogP contribution in [0.1, 0.15) is 30.1 Å². The van der Waals surface area contributed by atoms with Crippen LogP contribution >= 0.6 is 0 Å². The molecule has 0 saturated carbocycles. The predicted molar refractivity (Wildman–Crippen MR) is 69.4 cm³/mol. The average molecular weight is 280 g/mol. The first-order valence-electron chi connectivity index (χ1n) is 6.29. The van der Waals surface area contributed by atoms with Crippen LogP contribution in [0.4, 0.5) is 8.78 Å². The van der Waals surface area contributed by atoms with Crippen molar-refractivity contribution in [2.45, 2.75) is 26.3 Å². The summed E-state index contributed by atoms with van der Waals surface area (Å²) in [7, 11) is 0. The van der Waals surface area contributed by atoms with E-state index in [9.17, 15) is 13.6 Å². The van der Waals surface area contributed by atoms with Gasteiger partial charge in [-0.25, -0.2) is 13.6 Å². The van der Waals surface area contributed by atoms with Gasteiger partial charge in [0.2, 0.25) is 0 Å².